The van der Waals surface area contributed by atoms with E-state index in [4.69, 9.17) is 9.47 Å². The summed E-state index contributed by atoms with van der Waals surface area (Å²) in [4.78, 5) is 30.3. The van der Waals surface area contributed by atoms with E-state index in [-0.39, 0.29) is 35.2 Å². The summed E-state index contributed by atoms with van der Waals surface area (Å²) in [7, 11) is -1.42. The van der Waals surface area contributed by atoms with Crippen molar-refractivity contribution < 1.29 is 27.5 Å². The van der Waals surface area contributed by atoms with Gasteiger partial charge in [-0.15, -0.1) is 0 Å². The van der Waals surface area contributed by atoms with Crippen LogP contribution in [0.15, 0.2) is 102 Å². The fourth-order valence-electron chi connectivity index (χ4n) is 5.24. The van der Waals surface area contributed by atoms with Gasteiger partial charge in [-0.3, -0.25) is 13.9 Å². The monoisotopic (exact) mass is 671 g/mol. The highest BCUT2D eigenvalue weighted by molar-refractivity contribution is 7.92. The smallest absolute Gasteiger partial charge is 0.264 e. The highest BCUT2D eigenvalue weighted by Crippen LogP contribution is 2.36. The number of nitrogens with one attached hydrogen (secondary N) is 1. The van der Waals surface area contributed by atoms with Gasteiger partial charge >= 0.3 is 0 Å². The van der Waals surface area contributed by atoms with E-state index in [1.165, 1.54) is 37.3 Å². The van der Waals surface area contributed by atoms with Gasteiger partial charge in [-0.05, 0) is 70.0 Å². The Hall–Kier alpha value is -4.83. The summed E-state index contributed by atoms with van der Waals surface area (Å²) in [5.74, 6) is -0.305. The van der Waals surface area contributed by atoms with Crippen LogP contribution in [0, 0.1) is 13.8 Å². The maximum Gasteiger partial charge on any atom is 0.264 e. The van der Waals surface area contributed by atoms with Crippen LogP contribution in [-0.2, 0) is 32.6 Å². The normalized spacial score (nSPS) is 12.1. The maximum atomic E-state index is 14.8. The summed E-state index contributed by atoms with van der Waals surface area (Å²) >= 11 is 0. The minimum absolute atomic E-state index is 0.00201. The lowest BCUT2D eigenvalue weighted by atomic mass is 10.0. The van der Waals surface area contributed by atoms with E-state index in [2.05, 4.69) is 5.32 Å². The van der Waals surface area contributed by atoms with Crippen molar-refractivity contribution in [1.29, 1.82) is 0 Å². The molecule has 9 nitrogen and oxygen atoms in total. The summed E-state index contributed by atoms with van der Waals surface area (Å²) in [5.41, 5.74) is 3.12. The fraction of sp³-hybridized carbons (Fsp3) is 0.316. The summed E-state index contributed by atoms with van der Waals surface area (Å²) in [6.45, 7) is 8.92. The van der Waals surface area contributed by atoms with E-state index in [9.17, 15) is 18.0 Å². The van der Waals surface area contributed by atoms with Crippen molar-refractivity contribution in [3.63, 3.8) is 0 Å². The predicted octanol–water partition coefficient (Wildman–Crippen LogP) is 6.07. The summed E-state index contributed by atoms with van der Waals surface area (Å²) < 4.78 is 40.9. The standard InChI is InChI=1S/C38H45N3O6S/c1-27-13-17-30(18-14-27)25-40(34(37(43)39-38(3,4)5)23-29-11-9-8-10-12-29)36(42)26-41(33-24-31(46-6)19-22-35(33)47-7)48(44,45)32-20-15-28(2)16-21-32/h8-22,24,34H,23,25-26H2,1-7H3,(H,39,43)/t34-/m1/s1. The van der Waals surface area contributed by atoms with E-state index in [1.807, 2.05) is 89.2 Å². The molecule has 0 unspecified atom stereocenters. The van der Waals surface area contributed by atoms with Gasteiger partial charge in [0.15, 0.2) is 0 Å². The Morgan fingerprint density at radius 2 is 1.40 bits per heavy atom. The van der Waals surface area contributed by atoms with Gasteiger partial charge in [-0.1, -0.05) is 77.9 Å². The first-order valence-electron chi connectivity index (χ1n) is 15.7. The van der Waals surface area contributed by atoms with Crippen molar-refractivity contribution in [3.05, 3.63) is 119 Å². The number of hydrogen-bond donors (Lipinski definition) is 1. The second-order valence-electron chi connectivity index (χ2n) is 12.8. The molecule has 4 aromatic rings. The van der Waals surface area contributed by atoms with Crippen LogP contribution < -0.4 is 19.1 Å². The third-order valence-corrected chi connectivity index (χ3v) is 9.56. The highest BCUT2D eigenvalue weighted by Gasteiger charge is 2.36. The van der Waals surface area contributed by atoms with Gasteiger partial charge in [-0.25, -0.2) is 8.42 Å². The molecular weight excluding hydrogens is 627 g/mol. The predicted molar refractivity (Wildman–Crippen MR) is 189 cm³/mol. The zero-order valence-electron chi connectivity index (χ0n) is 28.7. The summed E-state index contributed by atoms with van der Waals surface area (Å²) in [5, 5.41) is 3.05. The van der Waals surface area contributed by atoms with E-state index in [0.29, 0.717) is 5.75 Å². The van der Waals surface area contributed by atoms with Crippen LogP contribution in [0.4, 0.5) is 5.69 Å². The number of amides is 2. The third-order valence-electron chi connectivity index (χ3n) is 7.79. The Kier molecular flexibility index (Phi) is 11.5. The van der Waals surface area contributed by atoms with Gasteiger partial charge in [0.05, 0.1) is 24.8 Å². The summed E-state index contributed by atoms with van der Waals surface area (Å²) in [6, 6.07) is 27.4. The number of hydrogen-bond acceptors (Lipinski definition) is 6. The SMILES string of the molecule is COc1ccc(OC)c(N(CC(=O)N(Cc2ccc(C)cc2)[C@H](Cc2ccccc2)C(=O)NC(C)(C)C)S(=O)(=O)c2ccc(C)cc2)c1. The minimum atomic E-state index is -4.32. The number of aryl methyl sites for hydroxylation is 2. The second kappa shape index (κ2) is 15.4. The molecule has 48 heavy (non-hydrogen) atoms. The number of anilines is 1. The molecule has 2 amide bonds. The molecule has 0 aliphatic heterocycles. The molecule has 254 valence electrons. The Morgan fingerprint density at radius 1 is 0.792 bits per heavy atom. The minimum Gasteiger partial charge on any atom is -0.497 e. The summed E-state index contributed by atoms with van der Waals surface area (Å²) in [6.07, 6.45) is 0.216. The molecule has 0 bridgehead atoms. The first kappa shape index (κ1) is 36.0. The van der Waals surface area contributed by atoms with Crippen molar-refractivity contribution in [3.8, 4) is 11.5 Å². The second-order valence-corrected chi connectivity index (χ2v) is 14.7. The van der Waals surface area contributed by atoms with Crippen molar-refractivity contribution in [2.24, 2.45) is 0 Å². The molecule has 0 aromatic heterocycles. The fourth-order valence-corrected chi connectivity index (χ4v) is 6.66. The molecule has 0 fully saturated rings. The van der Waals surface area contributed by atoms with Crippen molar-refractivity contribution in [2.75, 3.05) is 25.1 Å². The average Bonchev–Trinajstić information content (AvgIpc) is 3.05. The molecule has 4 rings (SSSR count). The van der Waals surface area contributed by atoms with Gasteiger partial charge in [0.25, 0.3) is 10.0 Å². The number of nitrogens with zero attached hydrogens (tertiary/aromatic N) is 2. The van der Waals surface area contributed by atoms with Crippen LogP contribution in [0.25, 0.3) is 0 Å². The molecule has 4 aromatic carbocycles. The topological polar surface area (TPSA) is 105 Å². The number of carbonyl (C=O) groups is 2. The Bertz CT molecular complexity index is 1800. The Morgan fingerprint density at radius 3 is 1.96 bits per heavy atom. The van der Waals surface area contributed by atoms with Crippen LogP contribution in [0.5, 0.6) is 11.5 Å². The molecule has 1 N–H and O–H groups in total. The molecule has 1 atom stereocenters. The van der Waals surface area contributed by atoms with Crippen LogP contribution in [0.2, 0.25) is 0 Å². The van der Waals surface area contributed by atoms with Crippen LogP contribution in [0.3, 0.4) is 0 Å². The number of carbonyl (C=O) groups excluding carboxylic acids is 2. The van der Waals surface area contributed by atoms with E-state index >= 15 is 0 Å². The molecule has 0 aliphatic carbocycles. The van der Waals surface area contributed by atoms with Gasteiger partial charge in [0.1, 0.15) is 24.1 Å². The van der Waals surface area contributed by atoms with Gasteiger partial charge < -0.3 is 19.7 Å². The largest absolute Gasteiger partial charge is 0.497 e. The lowest BCUT2D eigenvalue weighted by molar-refractivity contribution is -0.140. The molecule has 0 saturated carbocycles. The van der Waals surface area contributed by atoms with Crippen LogP contribution in [0.1, 0.15) is 43.0 Å². The number of sulfonamides is 1. The van der Waals surface area contributed by atoms with Gasteiger partial charge in [-0.2, -0.15) is 0 Å². The quantitative estimate of drug-likeness (QED) is 0.185. The number of methoxy groups -OCH3 is 2. The van der Waals surface area contributed by atoms with Crippen molar-refractivity contribution >= 4 is 27.5 Å². The molecule has 0 saturated heterocycles. The van der Waals surface area contributed by atoms with Gasteiger partial charge in [0.2, 0.25) is 11.8 Å². The van der Waals surface area contributed by atoms with Crippen molar-refractivity contribution in [2.45, 2.75) is 64.1 Å². The third kappa shape index (κ3) is 9.16. The number of benzene rings is 4. The first-order valence-corrected chi connectivity index (χ1v) is 17.2. The number of rotatable bonds is 13. The van der Waals surface area contributed by atoms with E-state index in [0.717, 1.165) is 26.6 Å². The average molecular weight is 672 g/mol. The van der Waals surface area contributed by atoms with E-state index < -0.39 is 34.1 Å². The molecule has 0 heterocycles. The molecular formula is C38H45N3O6S. The first-order chi connectivity index (χ1) is 22.7. The Labute approximate surface area is 284 Å². The number of ether oxygens (including phenoxy) is 2. The maximum absolute atomic E-state index is 14.8. The van der Waals surface area contributed by atoms with Gasteiger partial charge in [0, 0.05) is 24.6 Å². The van der Waals surface area contributed by atoms with Crippen molar-refractivity contribution in [1.82, 2.24) is 10.2 Å². The molecule has 0 radical (unpaired) electrons. The van der Waals surface area contributed by atoms with Crippen LogP contribution in [-0.4, -0.2) is 57.5 Å². The highest BCUT2D eigenvalue weighted by atomic mass is 32.2. The molecule has 0 aliphatic rings. The lowest BCUT2D eigenvalue weighted by Gasteiger charge is -2.35. The molecule has 0 spiro atoms. The van der Waals surface area contributed by atoms with E-state index in [1.54, 1.807) is 24.3 Å². The zero-order valence-corrected chi connectivity index (χ0v) is 29.5. The Balaban J connectivity index is 1.88. The molecule has 10 heteroatoms. The lowest BCUT2D eigenvalue weighted by Crippen LogP contribution is -2.56. The zero-order chi connectivity index (χ0) is 35.1. The van der Waals surface area contributed by atoms with Crippen LogP contribution >= 0.6 is 0 Å².